The topological polar surface area (TPSA) is 43.1 Å². The normalized spacial score (nSPS) is 11.0. The van der Waals surface area contributed by atoms with Crippen molar-refractivity contribution in [2.24, 2.45) is 7.05 Å². The van der Waals surface area contributed by atoms with Crippen LogP contribution in [0.1, 0.15) is 33.0 Å². The van der Waals surface area contributed by atoms with Crippen LogP contribution in [-0.2, 0) is 20.1 Å². The first-order chi connectivity index (χ1) is 12.4. The van der Waals surface area contributed by atoms with Crippen LogP contribution in [0.15, 0.2) is 42.6 Å². The van der Waals surface area contributed by atoms with Crippen molar-refractivity contribution in [1.29, 1.82) is 0 Å². The lowest BCUT2D eigenvalue weighted by atomic mass is 10.1. The summed E-state index contributed by atoms with van der Waals surface area (Å²) in [5.41, 5.74) is 4.75. The predicted octanol–water partition coefficient (Wildman–Crippen LogP) is 3.81. The Kier molecular flexibility index (Phi) is 5.18. The monoisotopic (exact) mass is 370 g/mol. The molecule has 3 aromatic rings. The summed E-state index contributed by atoms with van der Waals surface area (Å²) in [7, 11) is 3.69. The Hall–Kier alpha value is -2.53. The zero-order valence-corrected chi connectivity index (χ0v) is 16.3. The molecule has 1 amide bonds. The second-order valence-electron chi connectivity index (χ2n) is 6.56. The lowest BCUT2D eigenvalue weighted by Crippen LogP contribution is -2.28. The molecule has 136 valence electrons. The number of hydrogen-bond acceptors (Lipinski definition) is 2. The van der Waals surface area contributed by atoms with Crippen LogP contribution in [0.4, 0.5) is 0 Å². The van der Waals surface area contributed by atoms with Crippen LogP contribution in [0.3, 0.4) is 0 Å². The summed E-state index contributed by atoms with van der Waals surface area (Å²) in [6, 6.07) is 11.5. The third kappa shape index (κ3) is 3.53. The van der Waals surface area contributed by atoms with E-state index in [0.717, 1.165) is 27.5 Å². The Morgan fingerprint density at radius 1 is 1.19 bits per heavy atom. The van der Waals surface area contributed by atoms with E-state index in [9.17, 15) is 4.79 Å². The van der Waals surface area contributed by atoms with Gasteiger partial charge in [0.05, 0.1) is 12.2 Å². The highest BCUT2D eigenvalue weighted by molar-refractivity contribution is 6.31. The molecule has 0 fully saturated rings. The van der Waals surface area contributed by atoms with Crippen molar-refractivity contribution in [3.63, 3.8) is 0 Å². The number of aryl methyl sites for hydroxylation is 2. The van der Waals surface area contributed by atoms with Crippen molar-refractivity contribution in [3.05, 3.63) is 75.8 Å². The summed E-state index contributed by atoms with van der Waals surface area (Å²) in [5, 5.41) is 5.39. The molecular formula is C20H23ClN4O. The van der Waals surface area contributed by atoms with Gasteiger partial charge in [0.1, 0.15) is 5.69 Å². The molecule has 2 aromatic heterocycles. The number of rotatable bonds is 5. The highest BCUT2D eigenvalue weighted by Gasteiger charge is 2.19. The third-order valence-corrected chi connectivity index (χ3v) is 5.08. The van der Waals surface area contributed by atoms with Gasteiger partial charge in [-0.15, -0.1) is 0 Å². The van der Waals surface area contributed by atoms with Crippen molar-refractivity contribution in [1.82, 2.24) is 19.2 Å². The molecule has 3 rings (SSSR count). The number of hydrogen-bond donors (Lipinski definition) is 0. The third-order valence-electron chi connectivity index (χ3n) is 4.71. The molecule has 0 saturated heterocycles. The maximum Gasteiger partial charge on any atom is 0.270 e. The van der Waals surface area contributed by atoms with Gasteiger partial charge in [-0.25, -0.2) is 0 Å². The van der Waals surface area contributed by atoms with E-state index < -0.39 is 0 Å². The standard InChI is InChI=1S/C20H23ClN4O/c1-14-17(13-24(4)20(26)19-10-7-11-23(19)3)15(2)25(22-14)12-16-8-5-6-9-18(16)21/h5-11H,12-13H2,1-4H3. The quantitative estimate of drug-likeness (QED) is 0.685. The summed E-state index contributed by atoms with van der Waals surface area (Å²) in [5.74, 6) is -0.00449. The second kappa shape index (κ2) is 7.38. The Morgan fingerprint density at radius 3 is 2.58 bits per heavy atom. The summed E-state index contributed by atoms with van der Waals surface area (Å²) >= 11 is 6.27. The Morgan fingerprint density at radius 2 is 1.92 bits per heavy atom. The fraction of sp³-hybridized carbons (Fsp3) is 0.300. The van der Waals surface area contributed by atoms with Crippen LogP contribution in [-0.4, -0.2) is 32.2 Å². The molecule has 0 radical (unpaired) electrons. The average molecular weight is 371 g/mol. The molecule has 0 atom stereocenters. The predicted molar refractivity (Wildman–Crippen MR) is 103 cm³/mol. The molecular weight excluding hydrogens is 348 g/mol. The van der Waals surface area contributed by atoms with Crippen molar-refractivity contribution in [2.75, 3.05) is 7.05 Å². The first kappa shape index (κ1) is 18.3. The van der Waals surface area contributed by atoms with Crippen molar-refractivity contribution >= 4 is 17.5 Å². The lowest BCUT2D eigenvalue weighted by molar-refractivity contribution is 0.0775. The molecule has 0 aliphatic carbocycles. The van der Waals surface area contributed by atoms with Crippen molar-refractivity contribution in [3.8, 4) is 0 Å². The summed E-state index contributed by atoms with van der Waals surface area (Å²) in [4.78, 5) is 14.4. The molecule has 0 aliphatic rings. The molecule has 0 spiro atoms. The highest BCUT2D eigenvalue weighted by Crippen LogP contribution is 2.20. The zero-order chi connectivity index (χ0) is 18.8. The first-order valence-electron chi connectivity index (χ1n) is 8.51. The van der Waals surface area contributed by atoms with Crippen LogP contribution >= 0.6 is 11.6 Å². The average Bonchev–Trinajstić information content (AvgIpc) is 3.15. The smallest absolute Gasteiger partial charge is 0.270 e. The number of benzene rings is 1. The zero-order valence-electron chi connectivity index (χ0n) is 15.5. The maximum absolute atomic E-state index is 12.7. The number of aromatic nitrogens is 3. The first-order valence-corrected chi connectivity index (χ1v) is 8.89. The van der Waals surface area contributed by atoms with Gasteiger partial charge in [0, 0.05) is 43.1 Å². The van der Waals surface area contributed by atoms with E-state index in [1.54, 1.807) is 4.90 Å². The van der Waals surface area contributed by atoms with Crippen LogP contribution < -0.4 is 0 Å². The van der Waals surface area contributed by atoms with Gasteiger partial charge in [-0.3, -0.25) is 9.48 Å². The van der Waals surface area contributed by atoms with Crippen molar-refractivity contribution < 1.29 is 4.79 Å². The molecule has 0 N–H and O–H groups in total. The molecule has 5 nitrogen and oxygen atoms in total. The molecule has 0 bridgehead atoms. The summed E-state index contributed by atoms with van der Waals surface area (Å²) in [6.45, 7) is 5.14. The Bertz CT molecular complexity index is 941. The number of carbonyl (C=O) groups is 1. The van der Waals surface area contributed by atoms with Gasteiger partial charge in [0.2, 0.25) is 0 Å². The van der Waals surface area contributed by atoms with E-state index in [2.05, 4.69) is 5.10 Å². The second-order valence-corrected chi connectivity index (χ2v) is 6.97. The molecule has 0 unspecified atom stereocenters. The summed E-state index contributed by atoms with van der Waals surface area (Å²) in [6.07, 6.45) is 1.87. The lowest BCUT2D eigenvalue weighted by Gasteiger charge is -2.18. The number of amides is 1. The number of carbonyl (C=O) groups excluding carboxylic acids is 1. The Balaban J connectivity index is 1.81. The molecule has 0 aliphatic heterocycles. The largest absolute Gasteiger partial charge is 0.347 e. The molecule has 1 aromatic carbocycles. The number of halogens is 1. The van der Waals surface area contributed by atoms with Crippen LogP contribution in [0.25, 0.3) is 0 Å². The van der Waals surface area contributed by atoms with Crippen LogP contribution in [0, 0.1) is 13.8 Å². The minimum Gasteiger partial charge on any atom is -0.347 e. The van der Waals surface area contributed by atoms with Crippen LogP contribution in [0.5, 0.6) is 0 Å². The SMILES string of the molecule is Cc1nn(Cc2ccccc2Cl)c(C)c1CN(C)C(=O)c1cccn1C. The fourth-order valence-corrected chi connectivity index (χ4v) is 3.29. The molecule has 26 heavy (non-hydrogen) atoms. The highest BCUT2D eigenvalue weighted by atomic mass is 35.5. The minimum absolute atomic E-state index is 0.00449. The van der Waals surface area contributed by atoms with Crippen LogP contribution in [0.2, 0.25) is 5.02 Å². The van der Waals surface area contributed by atoms with Gasteiger partial charge < -0.3 is 9.47 Å². The van der Waals surface area contributed by atoms with E-state index in [1.165, 1.54) is 0 Å². The van der Waals surface area contributed by atoms with E-state index in [-0.39, 0.29) is 5.91 Å². The van der Waals surface area contributed by atoms with Gasteiger partial charge in [-0.2, -0.15) is 5.10 Å². The summed E-state index contributed by atoms with van der Waals surface area (Å²) < 4.78 is 3.78. The van der Waals surface area contributed by atoms with Gasteiger partial charge in [0.25, 0.3) is 5.91 Å². The van der Waals surface area contributed by atoms with Crippen molar-refractivity contribution in [2.45, 2.75) is 26.9 Å². The Labute approximate surface area is 158 Å². The number of nitrogens with zero attached hydrogens (tertiary/aromatic N) is 4. The van der Waals surface area contributed by atoms with Gasteiger partial charge in [0.15, 0.2) is 0 Å². The minimum atomic E-state index is -0.00449. The van der Waals surface area contributed by atoms with Gasteiger partial charge in [-0.05, 0) is 37.6 Å². The fourth-order valence-electron chi connectivity index (χ4n) is 3.09. The van der Waals surface area contributed by atoms with Gasteiger partial charge in [-0.1, -0.05) is 29.8 Å². The molecule has 0 saturated carbocycles. The maximum atomic E-state index is 12.7. The molecule has 6 heteroatoms. The molecule has 2 heterocycles. The van der Waals surface area contributed by atoms with E-state index >= 15 is 0 Å². The van der Waals surface area contributed by atoms with E-state index in [1.807, 2.05) is 79.8 Å². The van der Waals surface area contributed by atoms with E-state index in [4.69, 9.17) is 11.6 Å². The van der Waals surface area contributed by atoms with E-state index in [0.29, 0.717) is 18.8 Å². The van der Waals surface area contributed by atoms with Gasteiger partial charge >= 0.3 is 0 Å².